The lowest BCUT2D eigenvalue weighted by atomic mass is 10.2. The van der Waals surface area contributed by atoms with E-state index in [0.29, 0.717) is 28.9 Å². The van der Waals surface area contributed by atoms with Crippen molar-refractivity contribution >= 4 is 69.3 Å². The molecule has 0 aliphatic heterocycles. The van der Waals surface area contributed by atoms with E-state index in [-0.39, 0.29) is 0 Å². The van der Waals surface area contributed by atoms with Gasteiger partial charge in [0.1, 0.15) is 5.75 Å². The Morgan fingerprint density at radius 3 is 2.57 bits per heavy atom. The Labute approximate surface area is 161 Å². The largest absolute Gasteiger partial charge is 0.497 e. The van der Waals surface area contributed by atoms with Gasteiger partial charge < -0.3 is 4.74 Å². The summed E-state index contributed by atoms with van der Waals surface area (Å²) in [7, 11) is 1.50. The number of carbonyl (C=O) groups is 1. The molecule has 0 radical (unpaired) electrons. The summed E-state index contributed by atoms with van der Waals surface area (Å²) in [6.45, 7) is 0. The van der Waals surface area contributed by atoms with Crippen molar-refractivity contribution in [1.82, 2.24) is 0 Å². The number of rotatable bonds is 5. The van der Waals surface area contributed by atoms with Crippen molar-refractivity contribution in [2.24, 2.45) is 0 Å². The molecule has 0 aliphatic carbocycles. The highest BCUT2D eigenvalue weighted by Crippen LogP contribution is 2.42. The van der Waals surface area contributed by atoms with E-state index in [9.17, 15) is 9.18 Å². The van der Waals surface area contributed by atoms with Crippen molar-refractivity contribution in [2.45, 2.75) is 3.92 Å². The summed E-state index contributed by atoms with van der Waals surface area (Å²) in [6, 6.07) is 13.6. The summed E-state index contributed by atoms with van der Waals surface area (Å²) in [5, 5.41) is 0. The van der Waals surface area contributed by atoms with Crippen LogP contribution in [0.1, 0.15) is 10.4 Å². The summed E-state index contributed by atoms with van der Waals surface area (Å²) in [6.07, 6.45) is 0. The lowest BCUT2D eigenvalue weighted by Gasteiger charge is -2.24. The summed E-state index contributed by atoms with van der Waals surface area (Å²) in [4.78, 5) is 12.8. The number of halogens is 4. The minimum Gasteiger partial charge on any atom is -0.497 e. The third kappa shape index (κ3) is 5.14. The first-order valence-electron chi connectivity index (χ1n) is 6.31. The van der Waals surface area contributed by atoms with E-state index in [2.05, 4.69) is 0 Å². The van der Waals surface area contributed by atoms with Crippen molar-refractivity contribution in [2.75, 3.05) is 11.4 Å². The molecule has 2 aromatic carbocycles. The first-order chi connectivity index (χ1) is 10.8. The van der Waals surface area contributed by atoms with Crippen LogP contribution < -0.4 is 9.04 Å². The zero-order valence-electron chi connectivity index (χ0n) is 11.8. The minimum absolute atomic E-state index is 0.375. The van der Waals surface area contributed by atoms with E-state index in [1.54, 1.807) is 42.5 Å². The lowest BCUT2D eigenvalue weighted by Crippen LogP contribution is -2.28. The molecule has 0 fully saturated rings. The van der Waals surface area contributed by atoms with Gasteiger partial charge in [-0.15, -0.1) is 0 Å². The second kappa shape index (κ2) is 7.92. The van der Waals surface area contributed by atoms with Gasteiger partial charge in [0, 0.05) is 21.6 Å². The summed E-state index contributed by atoms with van der Waals surface area (Å²) >= 11 is 13.3. The van der Waals surface area contributed by atoms with E-state index in [0.717, 1.165) is 7.88 Å². The van der Waals surface area contributed by atoms with E-state index in [1.807, 2.05) is 28.7 Å². The monoisotopic (exact) mass is 485 g/mol. The van der Waals surface area contributed by atoms with Gasteiger partial charge in [-0.05, 0) is 46.9 Å². The van der Waals surface area contributed by atoms with E-state index < -0.39 is 9.83 Å². The van der Waals surface area contributed by atoms with Gasteiger partial charge in [0.05, 0.1) is 18.4 Å². The molecular formula is C15H11Cl2FINO2S. The molecule has 2 rings (SSSR count). The second-order valence-electron chi connectivity index (χ2n) is 4.32. The van der Waals surface area contributed by atoms with Gasteiger partial charge in [-0.1, -0.05) is 41.4 Å². The van der Waals surface area contributed by atoms with Crippen LogP contribution in [0.25, 0.3) is 0 Å². The molecule has 0 bridgehead atoms. The summed E-state index contributed by atoms with van der Waals surface area (Å²) < 4.78 is 18.1. The van der Waals surface area contributed by atoms with Gasteiger partial charge in [0.15, 0.2) is 0 Å². The van der Waals surface area contributed by atoms with E-state index in [4.69, 9.17) is 27.9 Å². The van der Waals surface area contributed by atoms with Crippen molar-refractivity contribution < 1.29 is 13.9 Å². The predicted octanol–water partition coefficient (Wildman–Crippen LogP) is 5.65. The fourth-order valence-electron chi connectivity index (χ4n) is 1.80. The molecule has 0 aliphatic rings. The number of nitrogens with zero attached hydrogens (tertiary/aromatic N) is 1. The Kier molecular flexibility index (Phi) is 6.41. The van der Waals surface area contributed by atoms with Crippen LogP contribution in [0.2, 0.25) is 0 Å². The molecule has 0 spiro atoms. The summed E-state index contributed by atoms with van der Waals surface area (Å²) in [5.41, 5.74) is 0.823. The van der Waals surface area contributed by atoms with Crippen LogP contribution in [0.4, 0.5) is 10.1 Å². The number of alkyl halides is 3. The maximum absolute atomic E-state index is 13.8. The number of amides is 1. The number of methoxy groups -OCH3 is 1. The SMILES string of the molecule is COc1cccc(N(SC(F)(Cl)Cl)C(=O)c2ccccc2I)c1. The van der Waals surface area contributed by atoms with Gasteiger partial charge in [0.2, 0.25) is 0 Å². The molecule has 0 aromatic heterocycles. The fourth-order valence-corrected chi connectivity index (χ4v) is 3.44. The molecule has 0 unspecified atom stereocenters. The zero-order valence-corrected chi connectivity index (χ0v) is 16.3. The number of carbonyl (C=O) groups excluding carboxylic acids is 1. The number of hydrogen-bond donors (Lipinski definition) is 0. The molecule has 0 heterocycles. The van der Waals surface area contributed by atoms with Crippen molar-refractivity contribution in [1.29, 1.82) is 0 Å². The van der Waals surface area contributed by atoms with Crippen molar-refractivity contribution in [3.05, 3.63) is 57.7 Å². The normalized spacial score (nSPS) is 11.2. The van der Waals surface area contributed by atoms with Crippen LogP contribution in [0, 0.1) is 3.57 Å². The van der Waals surface area contributed by atoms with Gasteiger partial charge in [-0.3, -0.25) is 4.79 Å². The van der Waals surface area contributed by atoms with Crippen molar-refractivity contribution in [3.63, 3.8) is 0 Å². The maximum atomic E-state index is 13.8. The van der Waals surface area contributed by atoms with Crippen LogP contribution in [0.3, 0.4) is 0 Å². The molecule has 3 nitrogen and oxygen atoms in total. The Hall–Kier alpha value is -0.700. The first kappa shape index (κ1) is 18.6. The minimum atomic E-state index is -2.65. The second-order valence-corrected chi connectivity index (χ2v) is 8.27. The lowest BCUT2D eigenvalue weighted by molar-refractivity contribution is 0.101. The van der Waals surface area contributed by atoms with Gasteiger partial charge >= 0.3 is 3.92 Å². The molecule has 0 saturated carbocycles. The van der Waals surface area contributed by atoms with Gasteiger partial charge in [-0.2, -0.15) is 4.39 Å². The number of ether oxygens (including phenoxy) is 1. The Morgan fingerprint density at radius 1 is 1.26 bits per heavy atom. The average molecular weight is 486 g/mol. The van der Waals surface area contributed by atoms with Gasteiger partial charge in [-0.25, -0.2) is 4.31 Å². The highest BCUT2D eigenvalue weighted by atomic mass is 127. The third-order valence-electron chi connectivity index (χ3n) is 2.77. The van der Waals surface area contributed by atoms with Crippen LogP contribution in [0.5, 0.6) is 5.75 Å². The molecule has 0 N–H and O–H groups in total. The number of anilines is 1. The quantitative estimate of drug-likeness (QED) is 0.311. The molecule has 8 heteroatoms. The molecule has 2 aromatic rings. The topological polar surface area (TPSA) is 29.5 Å². The molecule has 0 saturated heterocycles. The number of hydrogen-bond acceptors (Lipinski definition) is 3. The molecular weight excluding hydrogens is 475 g/mol. The maximum Gasteiger partial charge on any atom is 0.324 e. The highest BCUT2D eigenvalue weighted by Gasteiger charge is 2.32. The Morgan fingerprint density at radius 2 is 1.96 bits per heavy atom. The third-order valence-corrected chi connectivity index (χ3v) is 4.89. The van der Waals surface area contributed by atoms with Crippen molar-refractivity contribution in [3.8, 4) is 5.75 Å². The van der Waals surface area contributed by atoms with Crippen LogP contribution >= 0.6 is 57.7 Å². The summed E-state index contributed by atoms with van der Waals surface area (Å²) in [5.74, 6) is 0.0915. The van der Waals surface area contributed by atoms with Gasteiger partial charge in [0.25, 0.3) is 5.91 Å². The average Bonchev–Trinajstić information content (AvgIpc) is 2.51. The fraction of sp³-hybridized carbons (Fsp3) is 0.133. The van der Waals surface area contributed by atoms with E-state index >= 15 is 0 Å². The smallest absolute Gasteiger partial charge is 0.324 e. The molecule has 122 valence electrons. The zero-order chi connectivity index (χ0) is 17.0. The Bertz CT molecular complexity index is 712. The van der Waals surface area contributed by atoms with Crippen LogP contribution in [0.15, 0.2) is 48.5 Å². The molecule has 1 amide bonds. The van der Waals surface area contributed by atoms with Crippen LogP contribution in [-0.2, 0) is 0 Å². The predicted molar refractivity (Wildman–Crippen MR) is 102 cm³/mol. The van der Waals surface area contributed by atoms with E-state index in [1.165, 1.54) is 7.11 Å². The molecule has 23 heavy (non-hydrogen) atoms. The molecule has 0 atom stereocenters. The standard InChI is InChI=1S/C15H11Cl2FINO2S/c1-22-11-6-4-5-10(9-11)20(23-15(16,17)18)14(21)12-7-2-3-8-13(12)19/h2-9H,1H3. The first-order valence-corrected chi connectivity index (χ1v) is 8.91. The number of benzene rings is 2. The Balaban J connectivity index is 2.45. The highest BCUT2D eigenvalue weighted by molar-refractivity contribution is 14.1. The van der Waals surface area contributed by atoms with Crippen LogP contribution in [-0.4, -0.2) is 16.9 Å².